The van der Waals surface area contributed by atoms with E-state index in [9.17, 15) is 4.79 Å². The number of hydrogen-bond donors (Lipinski definition) is 2. The Hall–Kier alpha value is -3.12. The first kappa shape index (κ1) is 16.1. The minimum Gasteiger partial charge on any atom is -0.346 e. The number of aromatic amines is 2. The fraction of sp³-hybridized carbons (Fsp3) is 0.333. The molecular formula is C18H17N7OS. The van der Waals surface area contributed by atoms with Gasteiger partial charge in [-0.25, -0.2) is 14.8 Å². The summed E-state index contributed by atoms with van der Waals surface area (Å²) in [6.07, 6.45) is 6.11. The van der Waals surface area contributed by atoms with Gasteiger partial charge in [0, 0.05) is 24.7 Å². The second-order valence-corrected chi connectivity index (χ2v) is 7.97. The predicted octanol–water partition coefficient (Wildman–Crippen LogP) is 2.62. The van der Waals surface area contributed by atoms with Gasteiger partial charge in [-0.2, -0.15) is 5.26 Å². The van der Waals surface area contributed by atoms with Gasteiger partial charge in [0.1, 0.15) is 16.6 Å². The SMILES string of the molecule is C[C@@H]1CCN(c2ncc(C#N)s2)C[C@@H]1n1c(=O)[nH]c2cnc3[nH]ccc3c21. The molecule has 0 spiro atoms. The van der Waals surface area contributed by atoms with Crippen LogP contribution in [-0.4, -0.2) is 37.6 Å². The van der Waals surface area contributed by atoms with Gasteiger partial charge in [-0.15, -0.1) is 0 Å². The van der Waals surface area contributed by atoms with Crippen molar-refractivity contribution >= 4 is 38.5 Å². The van der Waals surface area contributed by atoms with E-state index in [-0.39, 0.29) is 11.7 Å². The summed E-state index contributed by atoms with van der Waals surface area (Å²) in [5.74, 6) is 0.343. The second kappa shape index (κ2) is 5.96. The van der Waals surface area contributed by atoms with Gasteiger partial charge >= 0.3 is 5.69 Å². The van der Waals surface area contributed by atoms with Crippen molar-refractivity contribution in [2.45, 2.75) is 19.4 Å². The van der Waals surface area contributed by atoms with Crippen molar-refractivity contribution < 1.29 is 0 Å². The van der Waals surface area contributed by atoms with Crippen LogP contribution in [0.15, 0.2) is 29.5 Å². The number of H-pyrrole nitrogens is 2. The molecule has 1 aliphatic heterocycles. The third kappa shape index (κ3) is 2.44. The lowest BCUT2D eigenvalue weighted by atomic mass is 9.93. The number of rotatable bonds is 2. The summed E-state index contributed by atoms with van der Waals surface area (Å²) >= 11 is 1.40. The summed E-state index contributed by atoms with van der Waals surface area (Å²) in [6, 6.07) is 4.11. The van der Waals surface area contributed by atoms with Gasteiger partial charge in [-0.3, -0.25) is 4.57 Å². The third-order valence-corrected chi connectivity index (χ3v) is 6.35. The summed E-state index contributed by atoms with van der Waals surface area (Å²) in [6.45, 7) is 3.74. The maximum Gasteiger partial charge on any atom is 0.326 e. The molecule has 8 nitrogen and oxygen atoms in total. The number of hydrogen-bond acceptors (Lipinski definition) is 6. The number of pyridine rings is 1. The quantitative estimate of drug-likeness (QED) is 0.557. The maximum atomic E-state index is 12.8. The molecule has 5 heterocycles. The van der Waals surface area contributed by atoms with E-state index < -0.39 is 0 Å². The molecule has 4 aromatic rings. The normalized spacial score (nSPS) is 20.4. The fourth-order valence-electron chi connectivity index (χ4n) is 3.96. The Kier molecular flexibility index (Phi) is 3.55. The standard InChI is InChI=1S/C18H17N7OS/c1-10-3-5-24(18-22-7-11(6-19)27-18)9-14(10)25-15-12-2-4-20-16(12)21-8-13(15)23-17(25)26/h2,4,7-8,10,14H,3,5,9H2,1H3,(H,20,21)(H,23,26)/t10-,14+/m1/s1. The van der Waals surface area contributed by atoms with Crippen molar-refractivity contribution in [1.82, 2.24) is 24.5 Å². The topological polar surface area (TPSA) is 106 Å². The van der Waals surface area contributed by atoms with Crippen molar-refractivity contribution in [3.63, 3.8) is 0 Å². The van der Waals surface area contributed by atoms with E-state index >= 15 is 0 Å². The number of imidazole rings is 1. The average molecular weight is 379 g/mol. The molecule has 0 aromatic carbocycles. The Balaban J connectivity index is 1.62. The van der Waals surface area contributed by atoms with Gasteiger partial charge < -0.3 is 14.9 Å². The molecule has 0 bridgehead atoms. The number of piperidine rings is 1. The molecule has 0 unspecified atom stereocenters. The van der Waals surface area contributed by atoms with Crippen LogP contribution in [-0.2, 0) is 0 Å². The Morgan fingerprint density at radius 3 is 3.07 bits per heavy atom. The minimum atomic E-state index is -0.115. The molecule has 136 valence electrons. The Morgan fingerprint density at radius 2 is 2.26 bits per heavy atom. The van der Waals surface area contributed by atoms with Crippen LogP contribution in [0.4, 0.5) is 5.13 Å². The fourth-order valence-corrected chi connectivity index (χ4v) is 4.71. The first-order chi connectivity index (χ1) is 13.2. The van der Waals surface area contributed by atoms with Crippen molar-refractivity contribution in [2.24, 2.45) is 5.92 Å². The first-order valence-corrected chi connectivity index (χ1v) is 9.64. The molecule has 4 aromatic heterocycles. The molecule has 0 saturated carbocycles. The van der Waals surface area contributed by atoms with E-state index in [4.69, 9.17) is 5.26 Å². The van der Waals surface area contributed by atoms with Gasteiger partial charge in [0.25, 0.3) is 0 Å². The van der Waals surface area contributed by atoms with E-state index in [1.165, 1.54) is 11.3 Å². The highest BCUT2D eigenvalue weighted by atomic mass is 32.1. The third-order valence-electron chi connectivity index (χ3n) is 5.38. The van der Waals surface area contributed by atoms with Crippen LogP contribution < -0.4 is 10.6 Å². The zero-order valence-electron chi connectivity index (χ0n) is 14.6. The Bertz CT molecular complexity index is 1240. The highest BCUT2D eigenvalue weighted by molar-refractivity contribution is 7.16. The number of aromatic nitrogens is 5. The zero-order valence-corrected chi connectivity index (χ0v) is 15.5. The van der Waals surface area contributed by atoms with Crippen LogP contribution in [0, 0.1) is 17.2 Å². The average Bonchev–Trinajstić information content (AvgIpc) is 3.39. The number of anilines is 1. The molecular weight excluding hydrogens is 362 g/mol. The summed E-state index contributed by atoms with van der Waals surface area (Å²) in [7, 11) is 0. The van der Waals surface area contributed by atoms with E-state index in [1.54, 1.807) is 12.4 Å². The molecule has 5 rings (SSSR count). The summed E-state index contributed by atoms with van der Waals surface area (Å²) in [5, 5.41) is 10.9. The van der Waals surface area contributed by atoms with Crippen LogP contribution in [0.1, 0.15) is 24.3 Å². The number of thiazole rings is 1. The number of nitrogens with zero attached hydrogens (tertiary/aromatic N) is 5. The van der Waals surface area contributed by atoms with Crippen molar-refractivity contribution in [3.05, 3.63) is 40.0 Å². The van der Waals surface area contributed by atoms with E-state index in [2.05, 4.69) is 37.8 Å². The predicted molar refractivity (Wildman–Crippen MR) is 104 cm³/mol. The van der Waals surface area contributed by atoms with Crippen LogP contribution in [0.2, 0.25) is 0 Å². The van der Waals surface area contributed by atoms with E-state index in [1.807, 2.05) is 16.8 Å². The Labute approximate surface area is 158 Å². The molecule has 2 atom stereocenters. The summed E-state index contributed by atoms with van der Waals surface area (Å²) < 4.78 is 1.88. The number of nitriles is 1. The maximum absolute atomic E-state index is 12.8. The van der Waals surface area contributed by atoms with Crippen molar-refractivity contribution in [1.29, 1.82) is 5.26 Å². The van der Waals surface area contributed by atoms with Crippen LogP contribution >= 0.6 is 11.3 Å². The molecule has 27 heavy (non-hydrogen) atoms. The molecule has 1 saturated heterocycles. The Morgan fingerprint density at radius 1 is 1.37 bits per heavy atom. The monoisotopic (exact) mass is 379 g/mol. The smallest absolute Gasteiger partial charge is 0.326 e. The number of fused-ring (bicyclic) bond motifs is 3. The minimum absolute atomic E-state index is 0.00920. The highest BCUT2D eigenvalue weighted by Crippen LogP contribution is 2.34. The summed E-state index contributed by atoms with van der Waals surface area (Å²) in [5.41, 5.74) is 2.30. The van der Waals surface area contributed by atoms with E-state index in [0.717, 1.165) is 40.2 Å². The van der Waals surface area contributed by atoms with Gasteiger partial charge in [0.15, 0.2) is 5.13 Å². The molecule has 9 heteroatoms. The van der Waals surface area contributed by atoms with Gasteiger partial charge in [-0.1, -0.05) is 18.3 Å². The van der Waals surface area contributed by atoms with Crippen LogP contribution in [0.25, 0.3) is 22.1 Å². The van der Waals surface area contributed by atoms with Gasteiger partial charge in [-0.05, 0) is 18.4 Å². The first-order valence-electron chi connectivity index (χ1n) is 8.83. The molecule has 0 radical (unpaired) electrons. The van der Waals surface area contributed by atoms with E-state index in [0.29, 0.717) is 17.3 Å². The molecule has 2 N–H and O–H groups in total. The van der Waals surface area contributed by atoms with Gasteiger partial charge in [0.05, 0.1) is 29.5 Å². The lowest BCUT2D eigenvalue weighted by Gasteiger charge is -2.37. The lowest BCUT2D eigenvalue weighted by Crippen LogP contribution is -2.43. The van der Waals surface area contributed by atoms with Gasteiger partial charge in [0.2, 0.25) is 0 Å². The molecule has 1 aliphatic rings. The van der Waals surface area contributed by atoms with Crippen molar-refractivity contribution in [3.8, 4) is 6.07 Å². The molecule has 1 fully saturated rings. The highest BCUT2D eigenvalue weighted by Gasteiger charge is 2.31. The molecule has 0 amide bonds. The zero-order chi connectivity index (χ0) is 18.5. The van der Waals surface area contributed by atoms with Crippen LogP contribution in [0.3, 0.4) is 0 Å². The van der Waals surface area contributed by atoms with Crippen molar-refractivity contribution in [2.75, 3.05) is 18.0 Å². The largest absolute Gasteiger partial charge is 0.346 e. The molecule has 0 aliphatic carbocycles. The van der Waals surface area contributed by atoms with Crippen LogP contribution in [0.5, 0.6) is 0 Å². The number of nitrogens with one attached hydrogen (secondary N) is 2. The summed E-state index contributed by atoms with van der Waals surface area (Å²) in [4.78, 5) is 30.4. The second-order valence-electron chi connectivity index (χ2n) is 6.96. The lowest BCUT2D eigenvalue weighted by molar-refractivity contribution is 0.300.